The van der Waals surface area contributed by atoms with Gasteiger partial charge in [-0.15, -0.1) is 0 Å². The summed E-state index contributed by atoms with van der Waals surface area (Å²) in [6, 6.07) is 4.50. The second-order valence-corrected chi connectivity index (χ2v) is 7.07. The van der Waals surface area contributed by atoms with E-state index in [1.165, 1.54) is 0 Å². The van der Waals surface area contributed by atoms with Gasteiger partial charge in [-0.2, -0.15) is 0 Å². The predicted molar refractivity (Wildman–Crippen MR) is 84.0 cm³/mol. The summed E-state index contributed by atoms with van der Waals surface area (Å²) in [4.78, 5) is 26.3. The van der Waals surface area contributed by atoms with Crippen LogP contribution in [0.4, 0.5) is 0 Å². The second-order valence-electron chi connectivity index (χ2n) is 6.20. The van der Waals surface area contributed by atoms with Crippen molar-refractivity contribution in [2.75, 3.05) is 7.05 Å². The van der Waals surface area contributed by atoms with E-state index < -0.39 is 23.3 Å². The Bertz CT molecular complexity index is 628. The van der Waals surface area contributed by atoms with Crippen LogP contribution < -0.4 is 0 Å². The molecule has 0 spiro atoms. The van der Waals surface area contributed by atoms with Crippen molar-refractivity contribution in [2.45, 2.75) is 31.7 Å². The van der Waals surface area contributed by atoms with Crippen LogP contribution in [0.1, 0.15) is 37.3 Å². The molecule has 1 saturated heterocycles. The quantitative estimate of drug-likeness (QED) is 0.890. The minimum Gasteiger partial charge on any atom is -0.481 e. The molecule has 3 rings (SSSR count). The number of aliphatic carboxylic acids is 1. The van der Waals surface area contributed by atoms with Crippen molar-refractivity contribution in [3.8, 4) is 0 Å². The van der Waals surface area contributed by atoms with Gasteiger partial charge < -0.3 is 10.0 Å². The van der Waals surface area contributed by atoms with Gasteiger partial charge in [0.1, 0.15) is 5.41 Å². The number of likely N-dealkylation sites (tertiary alicyclic amines) is 1. The second kappa shape index (κ2) is 5.43. The maximum Gasteiger partial charge on any atom is 0.312 e. The highest BCUT2D eigenvalue weighted by Gasteiger charge is 2.63. The fraction of sp³-hybridized carbons (Fsp3) is 0.500. The Morgan fingerprint density at radius 1 is 1.27 bits per heavy atom. The lowest BCUT2D eigenvalue weighted by Crippen LogP contribution is -2.43. The highest BCUT2D eigenvalue weighted by molar-refractivity contribution is 6.34. The van der Waals surface area contributed by atoms with Gasteiger partial charge in [-0.25, -0.2) is 0 Å². The summed E-state index contributed by atoms with van der Waals surface area (Å²) < 4.78 is 0. The van der Waals surface area contributed by atoms with Gasteiger partial charge in [0.2, 0.25) is 5.91 Å². The van der Waals surface area contributed by atoms with E-state index in [2.05, 4.69) is 0 Å². The molecule has 0 aromatic heterocycles. The highest BCUT2D eigenvalue weighted by atomic mass is 35.5. The van der Waals surface area contributed by atoms with Crippen LogP contribution >= 0.6 is 23.2 Å². The van der Waals surface area contributed by atoms with Crippen LogP contribution in [0.15, 0.2) is 18.2 Å². The molecule has 2 aliphatic rings. The van der Waals surface area contributed by atoms with Gasteiger partial charge in [0.15, 0.2) is 0 Å². The lowest BCUT2D eigenvalue weighted by Gasteiger charge is -2.38. The molecule has 0 radical (unpaired) electrons. The minimum absolute atomic E-state index is 0.0943. The Balaban J connectivity index is 2.18. The Hall–Kier alpha value is -1.26. The van der Waals surface area contributed by atoms with Crippen molar-refractivity contribution < 1.29 is 14.7 Å². The first-order valence-corrected chi connectivity index (χ1v) is 8.09. The van der Waals surface area contributed by atoms with Crippen LogP contribution in [0.5, 0.6) is 0 Å². The van der Waals surface area contributed by atoms with Gasteiger partial charge in [0.05, 0.1) is 12.0 Å². The van der Waals surface area contributed by atoms with Crippen LogP contribution in [0.3, 0.4) is 0 Å². The molecule has 1 aromatic carbocycles. The van der Waals surface area contributed by atoms with Crippen LogP contribution in [-0.4, -0.2) is 28.9 Å². The molecule has 1 N–H and O–H groups in total. The number of carbonyl (C=O) groups is 2. The Morgan fingerprint density at radius 2 is 1.91 bits per heavy atom. The van der Waals surface area contributed by atoms with E-state index in [0.29, 0.717) is 28.5 Å². The number of hydrogen-bond acceptors (Lipinski definition) is 2. The smallest absolute Gasteiger partial charge is 0.312 e. The average Bonchev–Trinajstić information content (AvgIpc) is 2.68. The largest absolute Gasteiger partial charge is 0.481 e. The number of carboxylic acids is 1. The fourth-order valence-electron chi connectivity index (χ4n) is 4.21. The van der Waals surface area contributed by atoms with E-state index in [0.717, 1.165) is 12.8 Å². The maximum absolute atomic E-state index is 12.6. The number of carbonyl (C=O) groups excluding carboxylic acids is 1. The summed E-state index contributed by atoms with van der Waals surface area (Å²) in [6.07, 6.45) is 2.83. The zero-order chi connectivity index (χ0) is 16.1. The summed E-state index contributed by atoms with van der Waals surface area (Å²) >= 11 is 12.2. The Kier molecular flexibility index (Phi) is 3.86. The summed E-state index contributed by atoms with van der Waals surface area (Å²) in [6.45, 7) is 0. The normalized spacial score (nSPS) is 31.2. The average molecular weight is 342 g/mol. The SMILES string of the molecule is CN1C(=O)[C@@H]2CCCC[C@]2(C(=O)O)[C@H]1c1cc(Cl)cc(Cl)c1. The van der Waals surface area contributed by atoms with E-state index in [1.807, 2.05) is 0 Å². The Labute approximate surface area is 139 Å². The zero-order valence-corrected chi connectivity index (χ0v) is 13.7. The molecule has 22 heavy (non-hydrogen) atoms. The third kappa shape index (κ3) is 2.12. The summed E-state index contributed by atoms with van der Waals surface area (Å²) in [5.74, 6) is -1.47. The summed E-state index contributed by atoms with van der Waals surface area (Å²) in [7, 11) is 1.67. The molecular weight excluding hydrogens is 325 g/mol. The molecule has 1 aliphatic carbocycles. The van der Waals surface area contributed by atoms with Gasteiger partial charge in [0, 0.05) is 17.1 Å². The molecule has 6 heteroatoms. The summed E-state index contributed by atoms with van der Waals surface area (Å²) in [5, 5.41) is 10.9. The van der Waals surface area contributed by atoms with Crippen LogP contribution in [-0.2, 0) is 9.59 Å². The first-order chi connectivity index (χ1) is 10.4. The summed E-state index contributed by atoms with van der Waals surface area (Å²) in [5.41, 5.74) is -0.391. The van der Waals surface area contributed by atoms with Crippen LogP contribution in [0, 0.1) is 11.3 Å². The third-order valence-electron chi connectivity index (χ3n) is 5.07. The molecule has 3 atom stereocenters. The molecule has 1 heterocycles. The molecule has 1 aromatic rings. The van der Waals surface area contributed by atoms with Crippen molar-refractivity contribution in [1.29, 1.82) is 0 Å². The zero-order valence-electron chi connectivity index (χ0n) is 12.2. The van der Waals surface area contributed by atoms with E-state index in [1.54, 1.807) is 30.1 Å². The van der Waals surface area contributed by atoms with Gasteiger partial charge in [-0.3, -0.25) is 9.59 Å². The molecule has 4 nitrogen and oxygen atoms in total. The molecule has 118 valence electrons. The molecular formula is C16H17Cl2NO3. The molecule has 1 aliphatic heterocycles. The number of amides is 1. The monoisotopic (exact) mass is 341 g/mol. The molecule has 1 amide bonds. The standard InChI is InChI=1S/C16H17Cl2NO3/c1-19-13(9-6-10(17)8-11(18)7-9)16(15(21)22)5-3-2-4-12(16)14(19)20/h6-8,12-13H,2-5H2,1H3,(H,21,22)/t12-,13+,16+/m0/s1. The van der Waals surface area contributed by atoms with E-state index in [9.17, 15) is 14.7 Å². The molecule has 2 fully saturated rings. The highest BCUT2D eigenvalue weighted by Crippen LogP contribution is 2.58. The van der Waals surface area contributed by atoms with Crippen LogP contribution in [0.2, 0.25) is 10.0 Å². The topological polar surface area (TPSA) is 57.6 Å². The number of carboxylic acid groups (broad SMARTS) is 1. The van der Waals surface area contributed by atoms with Crippen molar-refractivity contribution in [3.63, 3.8) is 0 Å². The number of fused-ring (bicyclic) bond motifs is 1. The lowest BCUT2D eigenvalue weighted by molar-refractivity contribution is -0.156. The van der Waals surface area contributed by atoms with Gasteiger partial charge in [0.25, 0.3) is 0 Å². The number of rotatable bonds is 2. The predicted octanol–water partition coefficient (Wildman–Crippen LogP) is 3.77. The number of nitrogens with zero attached hydrogens (tertiary/aromatic N) is 1. The van der Waals surface area contributed by atoms with E-state index in [4.69, 9.17) is 23.2 Å². The maximum atomic E-state index is 12.6. The minimum atomic E-state index is -1.09. The van der Waals surface area contributed by atoms with E-state index in [-0.39, 0.29) is 5.91 Å². The van der Waals surface area contributed by atoms with Crippen molar-refractivity contribution in [2.24, 2.45) is 11.3 Å². The van der Waals surface area contributed by atoms with Crippen molar-refractivity contribution >= 4 is 35.1 Å². The fourth-order valence-corrected chi connectivity index (χ4v) is 4.76. The van der Waals surface area contributed by atoms with Gasteiger partial charge in [-0.1, -0.05) is 36.0 Å². The van der Waals surface area contributed by atoms with Crippen molar-refractivity contribution in [1.82, 2.24) is 4.90 Å². The van der Waals surface area contributed by atoms with Crippen LogP contribution in [0.25, 0.3) is 0 Å². The molecule has 1 saturated carbocycles. The number of hydrogen-bond donors (Lipinski definition) is 1. The number of halogens is 2. The first-order valence-electron chi connectivity index (χ1n) is 7.34. The number of benzene rings is 1. The van der Waals surface area contributed by atoms with E-state index >= 15 is 0 Å². The lowest BCUT2D eigenvalue weighted by atomic mass is 9.63. The van der Waals surface area contributed by atoms with Gasteiger partial charge >= 0.3 is 5.97 Å². The molecule has 0 bridgehead atoms. The molecule has 0 unspecified atom stereocenters. The van der Waals surface area contributed by atoms with Crippen molar-refractivity contribution in [3.05, 3.63) is 33.8 Å². The third-order valence-corrected chi connectivity index (χ3v) is 5.51. The van der Waals surface area contributed by atoms with Gasteiger partial charge in [-0.05, 0) is 36.6 Å². The Morgan fingerprint density at radius 3 is 2.50 bits per heavy atom. The first kappa shape index (κ1) is 15.6.